The highest BCUT2D eigenvalue weighted by Gasteiger charge is 2.50. The molecule has 0 saturated carbocycles. The molecule has 0 unspecified atom stereocenters. The van der Waals surface area contributed by atoms with Crippen LogP contribution in [0.2, 0.25) is 0 Å². The van der Waals surface area contributed by atoms with Crippen molar-refractivity contribution in [2.24, 2.45) is 5.92 Å². The van der Waals surface area contributed by atoms with E-state index in [9.17, 15) is 45.6 Å². The van der Waals surface area contributed by atoms with E-state index >= 15 is 0 Å². The van der Waals surface area contributed by atoms with Gasteiger partial charge < -0.3 is 59.8 Å². The summed E-state index contributed by atoms with van der Waals surface area (Å²) in [5, 5.41) is 81.6. The van der Waals surface area contributed by atoms with Crippen molar-refractivity contribution in [3.05, 3.63) is 0 Å². The van der Waals surface area contributed by atoms with E-state index in [4.69, 9.17) is 18.9 Å². The molecule has 0 aromatic heterocycles. The maximum Gasteiger partial charge on any atom is 0.311 e. The molecular weight excluding hydrogens is 544 g/mol. The molecule has 0 aromatic rings. The fraction of sp³-hybridized carbons (Fsp3) is 0.964. The van der Waals surface area contributed by atoms with E-state index in [1.807, 2.05) is 0 Å². The Labute approximate surface area is 242 Å². The maximum absolute atomic E-state index is 13.1. The molecule has 0 bridgehead atoms. The molecule has 242 valence electrons. The Bertz CT molecular complexity index is 725. The van der Waals surface area contributed by atoms with Gasteiger partial charge in [-0.2, -0.15) is 0 Å². The van der Waals surface area contributed by atoms with Gasteiger partial charge in [0, 0.05) is 0 Å². The molecule has 13 heteroatoms. The lowest BCUT2D eigenvalue weighted by Crippen LogP contribution is -2.63. The number of aliphatic hydroxyl groups excluding tert-OH is 8. The fourth-order valence-electron chi connectivity index (χ4n) is 5.17. The Morgan fingerprint density at radius 2 is 1.17 bits per heavy atom. The number of carbonyl (C=O) groups excluding carboxylic acids is 1. The van der Waals surface area contributed by atoms with E-state index in [1.54, 1.807) is 0 Å². The van der Waals surface area contributed by atoms with Crippen molar-refractivity contribution in [2.75, 3.05) is 13.2 Å². The zero-order chi connectivity index (χ0) is 30.5. The van der Waals surface area contributed by atoms with E-state index < -0.39 is 92.6 Å². The van der Waals surface area contributed by atoms with Gasteiger partial charge in [-0.15, -0.1) is 0 Å². The van der Waals surface area contributed by atoms with E-state index in [1.165, 1.54) is 0 Å². The number of carbonyl (C=O) groups is 1. The van der Waals surface area contributed by atoms with Crippen LogP contribution in [0.15, 0.2) is 0 Å². The summed E-state index contributed by atoms with van der Waals surface area (Å²) in [6.07, 6.45) is -7.73. The molecule has 0 spiro atoms. The van der Waals surface area contributed by atoms with E-state index in [-0.39, 0.29) is 0 Å². The van der Waals surface area contributed by atoms with Crippen LogP contribution < -0.4 is 0 Å². The number of aliphatic hydroxyl groups is 8. The third-order valence-electron chi connectivity index (χ3n) is 7.91. The summed E-state index contributed by atoms with van der Waals surface area (Å²) in [7, 11) is 0. The summed E-state index contributed by atoms with van der Waals surface area (Å²) in [6, 6.07) is 0. The van der Waals surface area contributed by atoms with Gasteiger partial charge in [-0.1, -0.05) is 71.6 Å². The van der Waals surface area contributed by atoms with Crippen LogP contribution in [0.3, 0.4) is 0 Å². The molecule has 2 fully saturated rings. The van der Waals surface area contributed by atoms with Crippen LogP contribution in [-0.4, -0.2) is 128 Å². The summed E-state index contributed by atoms with van der Waals surface area (Å²) in [5.41, 5.74) is 0. The molecule has 2 heterocycles. The molecule has 0 aromatic carbocycles. The van der Waals surface area contributed by atoms with Crippen LogP contribution >= 0.6 is 0 Å². The summed E-state index contributed by atoms with van der Waals surface area (Å²) in [5.74, 6) is -1.43. The Morgan fingerprint density at radius 3 is 1.73 bits per heavy atom. The smallest absolute Gasteiger partial charge is 0.311 e. The summed E-state index contributed by atoms with van der Waals surface area (Å²) in [4.78, 5) is 13.1. The van der Waals surface area contributed by atoms with Gasteiger partial charge in [-0.05, 0) is 12.8 Å². The average Bonchev–Trinajstić information content (AvgIpc) is 2.96. The van der Waals surface area contributed by atoms with Crippen molar-refractivity contribution in [3.63, 3.8) is 0 Å². The molecule has 0 radical (unpaired) electrons. The van der Waals surface area contributed by atoms with Crippen molar-refractivity contribution in [3.8, 4) is 0 Å². The van der Waals surface area contributed by atoms with Gasteiger partial charge in [-0.3, -0.25) is 4.79 Å². The lowest BCUT2D eigenvalue weighted by molar-refractivity contribution is -0.376. The fourth-order valence-corrected chi connectivity index (χ4v) is 5.17. The first kappa shape index (κ1) is 36.2. The first-order chi connectivity index (χ1) is 19.6. The Morgan fingerprint density at radius 1 is 0.683 bits per heavy atom. The second-order valence-electron chi connectivity index (χ2n) is 11.2. The molecule has 2 saturated heterocycles. The molecule has 2 aliphatic heterocycles. The number of rotatable bonds is 18. The third-order valence-corrected chi connectivity index (χ3v) is 7.91. The Kier molecular flexibility index (Phi) is 16.5. The van der Waals surface area contributed by atoms with Crippen LogP contribution in [0, 0.1) is 5.92 Å². The van der Waals surface area contributed by atoms with Crippen LogP contribution in [0.1, 0.15) is 84.5 Å². The second kappa shape index (κ2) is 18.6. The SMILES string of the molecule is CCCCCCC[C@H](O)[C@H](CCCCCC)C(=O)OC[C@H]1O[C@H](O[C@H]2O[C@H](CO)[C@@H](O)[C@H](O)[C@H]2O)[C@H](O)[C@@H](O)[C@@H]1O. The molecule has 13 nitrogen and oxygen atoms in total. The van der Waals surface area contributed by atoms with Crippen molar-refractivity contribution in [1.29, 1.82) is 0 Å². The zero-order valence-electron chi connectivity index (χ0n) is 24.2. The minimum atomic E-state index is -1.81. The second-order valence-corrected chi connectivity index (χ2v) is 11.2. The Balaban J connectivity index is 2.01. The monoisotopic (exact) mass is 596 g/mol. The maximum atomic E-state index is 13.1. The van der Waals surface area contributed by atoms with Gasteiger partial charge in [0.05, 0.1) is 18.6 Å². The van der Waals surface area contributed by atoms with Crippen molar-refractivity contribution >= 4 is 5.97 Å². The molecule has 41 heavy (non-hydrogen) atoms. The predicted octanol–water partition coefficient (Wildman–Crippen LogP) is -0.538. The number of hydrogen-bond donors (Lipinski definition) is 8. The molecule has 12 atom stereocenters. The standard InChI is InChI=1S/C28H52O13/c1-3-5-7-9-11-13-17(30)16(12-10-8-6-4-2)26(37)38-15-19-21(32)23(34)25(36)28(40-19)41-27-24(35)22(33)20(31)18(14-29)39-27/h16-25,27-36H,3-15H2,1-2H3/t16-,17-,18+,19+,20+,21+,22-,23-,24+,25+,27+,28+/m0/s1. The highest BCUT2D eigenvalue weighted by Crippen LogP contribution is 2.29. The minimum absolute atomic E-state index is 0.438. The first-order valence-corrected chi connectivity index (χ1v) is 15.1. The highest BCUT2D eigenvalue weighted by molar-refractivity contribution is 5.73. The van der Waals surface area contributed by atoms with Gasteiger partial charge in [0.15, 0.2) is 12.6 Å². The normalized spacial score (nSPS) is 35.7. The van der Waals surface area contributed by atoms with Crippen molar-refractivity contribution in [1.82, 2.24) is 0 Å². The first-order valence-electron chi connectivity index (χ1n) is 15.1. The minimum Gasteiger partial charge on any atom is -0.463 e. The quantitative estimate of drug-likeness (QED) is 0.0738. The molecule has 0 aliphatic carbocycles. The molecule has 8 N–H and O–H groups in total. The summed E-state index contributed by atoms with van der Waals surface area (Å²) >= 11 is 0. The lowest BCUT2D eigenvalue weighted by atomic mass is 9.91. The van der Waals surface area contributed by atoms with Crippen LogP contribution in [0.25, 0.3) is 0 Å². The van der Waals surface area contributed by atoms with E-state index in [0.717, 1.165) is 57.8 Å². The average molecular weight is 597 g/mol. The van der Waals surface area contributed by atoms with E-state index in [0.29, 0.717) is 12.8 Å². The summed E-state index contributed by atoms with van der Waals surface area (Å²) < 4.78 is 21.7. The van der Waals surface area contributed by atoms with Crippen molar-refractivity contribution < 1.29 is 64.6 Å². The number of esters is 1. The van der Waals surface area contributed by atoms with Crippen molar-refractivity contribution in [2.45, 2.75) is 152 Å². The zero-order valence-corrected chi connectivity index (χ0v) is 24.2. The van der Waals surface area contributed by atoms with E-state index in [2.05, 4.69) is 13.8 Å². The van der Waals surface area contributed by atoms with Gasteiger partial charge in [0.2, 0.25) is 0 Å². The number of unbranched alkanes of at least 4 members (excludes halogenated alkanes) is 7. The molecule has 2 aliphatic rings. The van der Waals surface area contributed by atoms with Gasteiger partial charge in [0.1, 0.15) is 55.4 Å². The largest absolute Gasteiger partial charge is 0.463 e. The molecule has 0 amide bonds. The lowest BCUT2D eigenvalue weighted by Gasteiger charge is -2.44. The van der Waals surface area contributed by atoms with Crippen LogP contribution in [0.5, 0.6) is 0 Å². The van der Waals surface area contributed by atoms with Crippen LogP contribution in [-0.2, 0) is 23.7 Å². The third kappa shape index (κ3) is 10.6. The number of ether oxygens (including phenoxy) is 4. The highest BCUT2D eigenvalue weighted by atomic mass is 16.8. The Hall–Kier alpha value is -0.970. The number of hydrogen-bond acceptors (Lipinski definition) is 13. The molecular formula is C28H52O13. The van der Waals surface area contributed by atoms with Crippen LogP contribution in [0.4, 0.5) is 0 Å². The topological polar surface area (TPSA) is 216 Å². The van der Waals surface area contributed by atoms with Gasteiger partial charge >= 0.3 is 5.97 Å². The molecule has 2 rings (SSSR count). The summed E-state index contributed by atoms with van der Waals surface area (Å²) in [6.45, 7) is 2.97. The predicted molar refractivity (Wildman–Crippen MR) is 144 cm³/mol. The van der Waals surface area contributed by atoms with Gasteiger partial charge in [-0.25, -0.2) is 0 Å². The van der Waals surface area contributed by atoms with Gasteiger partial charge in [0.25, 0.3) is 0 Å².